The maximum Gasteiger partial charge on any atom is 0.239 e. The number of amides is 1. The molecule has 0 aromatic rings. The van der Waals surface area contributed by atoms with Crippen LogP contribution in [0.5, 0.6) is 0 Å². The monoisotopic (exact) mass is 212 g/mol. The SMILES string of the molecule is CN1CCC(NC2CCCOCC2)C1=O. The molecular weight excluding hydrogens is 192 g/mol. The summed E-state index contributed by atoms with van der Waals surface area (Å²) in [6, 6.07) is 0.519. The fraction of sp³-hybridized carbons (Fsp3) is 0.909. The molecule has 86 valence electrons. The number of likely N-dealkylation sites (tertiary alicyclic amines) is 1. The predicted molar refractivity (Wildman–Crippen MR) is 57.6 cm³/mol. The molecule has 2 rings (SSSR count). The number of hydrogen-bond donors (Lipinski definition) is 1. The molecular formula is C11H20N2O2. The van der Waals surface area contributed by atoms with Crippen LogP contribution in [0.25, 0.3) is 0 Å². The Labute approximate surface area is 91.0 Å². The summed E-state index contributed by atoms with van der Waals surface area (Å²) in [5, 5.41) is 3.47. The van der Waals surface area contributed by atoms with Crippen LogP contribution < -0.4 is 5.32 Å². The van der Waals surface area contributed by atoms with Crippen LogP contribution in [0.2, 0.25) is 0 Å². The van der Waals surface area contributed by atoms with E-state index < -0.39 is 0 Å². The van der Waals surface area contributed by atoms with Crippen molar-refractivity contribution in [1.29, 1.82) is 0 Å². The summed E-state index contributed by atoms with van der Waals surface area (Å²) in [5.41, 5.74) is 0. The first kappa shape index (κ1) is 10.9. The predicted octanol–water partition coefficient (Wildman–Crippen LogP) is 0.376. The lowest BCUT2D eigenvalue weighted by Gasteiger charge is -2.19. The van der Waals surface area contributed by atoms with Crippen molar-refractivity contribution in [2.24, 2.45) is 0 Å². The minimum absolute atomic E-state index is 0.0538. The molecule has 0 saturated carbocycles. The van der Waals surface area contributed by atoms with Crippen LogP contribution in [-0.4, -0.2) is 49.7 Å². The molecule has 0 radical (unpaired) electrons. The molecule has 2 unspecified atom stereocenters. The van der Waals surface area contributed by atoms with Crippen LogP contribution in [0.15, 0.2) is 0 Å². The maximum absolute atomic E-state index is 11.7. The standard InChI is InChI=1S/C11H20N2O2/c1-13-6-4-10(11(13)14)12-9-3-2-7-15-8-5-9/h9-10,12H,2-8H2,1H3. The third kappa shape index (κ3) is 2.69. The highest BCUT2D eigenvalue weighted by molar-refractivity contribution is 5.83. The number of likely N-dealkylation sites (N-methyl/N-ethyl adjacent to an activating group) is 1. The summed E-state index contributed by atoms with van der Waals surface area (Å²) in [6.07, 6.45) is 4.22. The van der Waals surface area contributed by atoms with Gasteiger partial charge in [-0.2, -0.15) is 0 Å². The molecule has 4 heteroatoms. The lowest BCUT2D eigenvalue weighted by atomic mass is 10.1. The molecule has 4 nitrogen and oxygen atoms in total. The van der Waals surface area contributed by atoms with Crippen molar-refractivity contribution < 1.29 is 9.53 Å². The van der Waals surface area contributed by atoms with Gasteiger partial charge in [-0.1, -0.05) is 0 Å². The van der Waals surface area contributed by atoms with Crippen LogP contribution in [0.3, 0.4) is 0 Å². The number of hydrogen-bond acceptors (Lipinski definition) is 3. The highest BCUT2D eigenvalue weighted by atomic mass is 16.5. The van der Waals surface area contributed by atoms with E-state index in [1.165, 1.54) is 0 Å². The van der Waals surface area contributed by atoms with Crippen molar-refractivity contribution in [3.05, 3.63) is 0 Å². The van der Waals surface area contributed by atoms with Crippen LogP contribution in [0.4, 0.5) is 0 Å². The molecule has 0 aromatic carbocycles. The molecule has 2 saturated heterocycles. The fourth-order valence-corrected chi connectivity index (χ4v) is 2.33. The minimum atomic E-state index is 0.0538. The quantitative estimate of drug-likeness (QED) is 0.719. The van der Waals surface area contributed by atoms with Crippen molar-refractivity contribution >= 4 is 5.91 Å². The van der Waals surface area contributed by atoms with E-state index in [-0.39, 0.29) is 11.9 Å². The summed E-state index contributed by atoms with van der Waals surface area (Å²) < 4.78 is 5.40. The first-order chi connectivity index (χ1) is 7.27. The summed E-state index contributed by atoms with van der Waals surface area (Å²) in [6.45, 7) is 2.59. The number of carbonyl (C=O) groups is 1. The van der Waals surface area contributed by atoms with Crippen LogP contribution in [-0.2, 0) is 9.53 Å². The van der Waals surface area contributed by atoms with E-state index in [1.807, 2.05) is 11.9 Å². The Hall–Kier alpha value is -0.610. The summed E-state index contributed by atoms with van der Waals surface area (Å²) >= 11 is 0. The molecule has 2 aliphatic rings. The first-order valence-electron chi connectivity index (χ1n) is 5.86. The topological polar surface area (TPSA) is 41.6 Å². The molecule has 2 aliphatic heterocycles. The Morgan fingerprint density at radius 3 is 2.93 bits per heavy atom. The molecule has 1 amide bonds. The van der Waals surface area contributed by atoms with Crippen LogP contribution in [0.1, 0.15) is 25.7 Å². The summed E-state index contributed by atoms with van der Waals surface area (Å²) in [7, 11) is 1.88. The molecule has 0 aromatic heterocycles. The van der Waals surface area contributed by atoms with Crippen molar-refractivity contribution in [2.45, 2.75) is 37.8 Å². The summed E-state index contributed by atoms with van der Waals surface area (Å²) in [5.74, 6) is 0.250. The Morgan fingerprint density at radius 2 is 2.20 bits per heavy atom. The van der Waals surface area contributed by atoms with Gasteiger partial charge in [0.2, 0.25) is 5.91 Å². The van der Waals surface area contributed by atoms with Gasteiger partial charge < -0.3 is 15.0 Å². The zero-order chi connectivity index (χ0) is 10.7. The Balaban J connectivity index is 1.82. The van der Waals surface area contributed by atoms with Crippen molar-refractivity contribution in [2.75, 3.05) is 26.8 Å². The highest BCUT2D eigenvalue weighted by Gasteiger charge is 2.30. The molecule has 1 N–H and O–H groups in total. The number of nitrogens with one attached hydrogen (secondary N) is 1. The zero-order valence-electron chi connectivity index (χ0n) is 9.37. The molecule has 2 heterocycles. The van der Waals surface area contributed by atoms with Gasteiger partial charge in [-0.3, -0.25) is 4.79 Å². The lowest BCUT2D eigenvalue weighted by molar-refractivity contribution is -0.128. The zero-order valence-corrected chi connectivity index (χ0v) is 9.37. The lowest BCUT2D eigenvalue weighted by Crippen LogP contribution is -2.43. The van der Waals surface area contributed by atoms with E-state index in [0.717, 1.165) is 45.4 Å². The molecule has 0 bridgehead atoms. The van der Waals surface area contributed by atoms with E-state index in [4.69, 9.17) is 4.74 Å². The van der Waals surface area contributed by atoms with Gasteiger partial charge in [-0.05, 0) is 25.7 Å². The molecule has 0 aliphatic carbocycles. The fourth-order valence-electron chi connectivity index (χ4n) is 2.33. The second kappa shape index (κ2) is 4.94. The van der Waals surface area contributed by atoms with Crippen LogP contribution in [0, 0.1) is 0 Å². The maximum atomic E-state index is 11.7. The van der Waals surface area contributed by atoms with Gasteiger partial charge in [-0.15, -0.1) is 0 Å². The molecule has 15 heavy (non-hydrogen) atoms. The number of nitrogens with zero attached hydrogens (tertiary/aromatic N) is 1. The van der Waals surface area contributed by atoms with Gasteiger partial charge in [0, 0.05) is 32.8 Å². The third-order valence-corrected chi connectivity index (χ3v) is 3.32. The second-order valence-electron chi connectivity index (χ2n) is 4.51. The smallest absolute Gasteiger partial charge is 0.239 e. The van der Waals surface area contributed by atoms with Gasteiger partial charge in [0.1, 0.15) is 0 Å². The average Bonchev–Trinajstić information content (AvgIpc) is 2.50. The normalized spacial score (nSPS) is 33.1. The van der Waals surface area contributed by atoms with Gasteiger partial charge in [0.15, 0.2) is 0 Å². The van der Waals surface area contributed by atoms with Gasteiger partial charge in [0.25, 0.3) is 0 Å². The second-order valence-corrected chi connectivity index (χ2v) is 4.51. The van der Waals surface area contributed by atoms with Gasteiger partial charge >= 0.3 is 0 Å². The minimum Gasteiger partial charge on any atom is -0.381 e. The van der Waals surface area contributed by atoms with Crippen molar-refractivity contribution in [3.8, 4) is 0 Å². The molecule has 0 spiro atoms. The molecule has 2 fully saturated rings. The first-order valence-corrected chi connectivity index (χ1v) is 5.86. The van der Waals surface area contributed by atoms with Crippen molar-refractivity contribution in [1.82, 2.24) is 10.2 Å². The molecule has 2 atom stereocenters. The van der Waals surface area contributed by atoms with E-state index in [2.05, 4.69) is 5.32 Å². The number of rotatable bonds is 2. The van der Waals surface area contributed by atoms with E-state index in [1.54, 1.807) is 0 Å². The average molecular weight is 212 g/mol. The number of carbonyl (C=O) groups excluding carboxylic acids is 1. The largest absolute Gasteiger partial charge is 0.381 e. The summed E-state index contributed by atoms with van der Waals surface area (Å²) in [4.78, 5) is 13.5. The Bertz CT molecular complexity index is 225. The third-order valence-electron chi connectivity index (χ3n) is 3.32. The number of ether oxygens (including phenoxy) is 1. The van der Waals surface area contributed by atoms with E-state index in [9.17, 15) is 4.79 Å². The Morgan fingerprint density at radius 1 is 1.33 bits per heavy atom. The highest BCUT2D eigenvalue weighted by Crippen LogP contribution is 2.14. The Kier molecular flexibility index (Phi) is 3.59. The van der Waals surface area contributed by atoms with Crippen LogP contribution >= 0.6 is 0 Å². The van der Waals surface area contributed by atoms with Gasteiger partial charge in [0.05, 0.1) is 6.04 Å². The van der Waals surface area contributed by atoms with E-state index in [0.29, 0.717) is 6.04 Å². The van der Waals surface area contributed by atoms with Gasteiger partial charge in [-0.25, -0.2) is 0 Å². The van der Waals surface area contributed by atoms with E-state index >= 15 is 0 Å². The van der Waals surface area contributed by atoms with Crippen molar-refractivity contribution in [3.63, 3.8) is 0 Å².